The summed E-state index contributed by atoms with van der Waals surface area (Å²) >= 11 is 0. The molecule has 0 aliphatic heterocycles. The number of nitrogens with one attached hydrogen (secondary N) is 1. The largest absolute Gasteiger partial charge is 0.457 e. The molecule has 0 bridgehead atoms. The lowest BCUT2D eigenvalue weighted by atomic mass is 10.1. The number of carbonyl (C=O) groups excluding carboxylic acids is 1. The molecule has 0 aliphatic rings. The Bertz CT molecular complexity index is 666. The van der Waals surface area contributed by atoms with E-state index in [-0.39, 0.29) is 6.54 Å². The second kappa shape index (κ2) is 7.84. The molecule has 3 N–H and O–H groups in total. The molecule has 128 valence electrons. The molecule has 0 aliphatic carbocycles. The highest BCUT2D eigenvalue weighted by atomic mass is 16.6. The third-order valence-corrected chi connectivity index (χ3v) is 3.19. The highest BCUT2D eigenvalue weighted by Crippen LogP contribution is 2.29. The van der Waals surface area contributed by atoms with Crippen molar-refractivity contribution in [3.8, 4) is 11.5 Å². The lowest BCUT2D eigenvalue weighted by Crippen LogP contribution is -2.37. The summed E-state index contributed by atoms with van der Waals surface area (Å²) in [6, 6.07) is 16.6. The first-order chi connectivity index (χ1) is 11.4. The predicted octanol–water partition coefficient (Wildman–Crippen LogP) is 4.00. The molecule has 0 radical (unpaired) electrons. The van der Waals surface area contributed by atoms with E-state index in [1.807, 2.05) is 75.4 Å². The Balaban J connectivity index is 2.18. The van der Waals surface area contributed by atoms with Crippen LogP contribution < -0.4 is 15.8 Å². The zero-order chi connectivity index (χ0) is 17.6. The Morgan fingerprint density at radius 3 is 2.33 bits per heavy atom. The van der Waals surface area contributed by atoms with Crippen molar-refractivity contribution in [2.45, 2.75) is 32.4 Å². The molecule has 0 saturated heterocycles. The summed E-state index contributed by atoms with van der Waals surface area (Å²) in [7, 11) is 0. The monoisotopic (exact) mass is 328 g/mol. The Labute approximate surface area is 142 Å². The van der Waals surface area contributed by atoms with Gasteiger partial charge in [0.05, 0.1) is 6.04 Å². The highest BCUT2D eigenvalue weighted by molar-refractivity contribution is 5.68. The lowest BCUT2D eigenvalue weighted by molar-refractivity contribution is 0.0505. The molecule has 0 heterocycles. The van der Waals surface area contributed by atoms with Gasteiger partial charge in [0.1, 0.15) is 17.1 Å². The van der Waals surface area contributed by atoms with Crippen molar-refractivity contribution in [2.75, 3.05) is 6.54 Å². The number of hydrogen-bond donors (Lipinski definition) is 2. The average molecular weight is 328 g/mol. The number of nitrogens with two attached hydrogens (primary N) is 1. The standard InChI is InChI=1S/C19H24N2O3/c1-19(2,3)24-18(22)21-16(13-20)15-11-7-8-12-17(15)23-14-9-5-4-6-10-14/h4-12,16H,13,20H2,1-3H3,(H,21,22). The van der Waals surface area contributed by atoms with E-state index in [9.17, 15) is 4.79 Å². The van der Waals surface area contributed by atoms with Gasteiger partial charge in [-0.1, -0.05) is 36.4 Å². The Kier molecular flexibility index (Phi) is 5.82. The zero-order valence-electron chi connectivity index (χ0n) is 14.3. The van der Waals surface area contributed by atoms with Crippen LogP contribution in [0.3, 0.4) is 0 Å². The van der Waals surface area contributed by atoms with Crippen LogP contribution in [-0.2, 0) is 4.74 Å². The van der Waals surface area contributed by atoms with Crippen molar-refractivity contribution in [2.24, 2.45) is 5.73 Å². The van der Waals surface area contributed by atoms with Crippen LogP contribution in [0.1, 0.15) is 32.4 Å². The van der Waals surface area contributed by atoms with Crippen molar-refractivity contribution < 1.29 is 14.3 Å². The molecule has 2 aromatic carbocycles. The summed E-state index contributed by atoms with van der Waals surface area (Å²) in [6.07, 6.45) is -0.507. The van der Waals surface area contributed by atoms with Crippen LogP contribution in [-0.4, -0.2) is 18.2 Å². The fourth-order valence-corrected chi connectivity index (χ4v) is 2.19. The minimum atomic E-state index is -0.566. The number of para-hydroxylation sites is 2. The molecule has 24 heavy (non-hydrogen) atoms. The molecule has 0 fully saturated rings. The quantitative estimate of drug-likeness (QED) is 0.870. The van der Waals surface area contributed by atoms with E-state index in [1.165, 1.54) is 0 Å². The zero-order valence-corrected chi connectivity index (χ0v) is 14.3. The first kappa shape index (κ1) is 17.8. The van der Waals surface area contributed by atoms with Gasteiger partial charge in [-0.2, -0.15) is 0 Å². The SMILES string of the molecule is CC(C)(C)OC(=O)NC(CN)c1ccccc1Oc1ccccc1. The maximum absolute atomic E-state index is 12.0. The van der Waals surface area contributed by atoms with E-state index in [0.717, 1.165) is 11.3 Å². The molecule has 0 spiro atoms. The number of alkyl carbamates (subject to hydrolysis) is 1. The number of hydrogen-bond acceptors (Lipinski definition) is 4. The first-order valence-electron chi connectivity index (χ1n) is 7.90. The number of benzene rings is 2. The van der Waals surface area contributed by atoms with Crippen LogP contribution in [0.4, 0.5) is 4.79 Å². The second-order valence-electron chi connectivity index (χ2n) is 6.39. The highest BCUT2D eigenvalue weighted by Gasteiger charge is 2.21. The smallest absolute Gasteiger partial charge is 0.408 e. The van der Waals surface area contributed by atoms with Crippen LogP contribution >= 0.6 is 0 Å². The fraction of sp³-hybridized carbons (Fsp3) is 0.316. The molecule has 2 rings (SSSR count). The summed E-state index contributed by atoms with van der Waals surface area (Å²) in [5.41, 5.74) is 6.09. The molecule has 0 saturated carbocycles. The van der Waals surface area contributed by atoms with Gasteiger partial charge in [0.15, 0.2) is 0 Å². The predicted molar refractivity (Wildman–Crippen MR) is 94.1 cm³/mol. The molecule has 5 heteroatoms. The van der Waals surface area contributed by atoms with Crippen molar-refractivity contribution in [1.29, 1.82) is 0 Å². The lowest BCUT2D eigenvalue weighted by Gasteiger charge is -2.24. The number of ether oxygens (including phenoxy) is 2. The maximum Gasteiger partial charge on any atom is 0.408 e. The van der Waals surface area contributed by atoms with Crippen molar-refractivity contribution >= 4 is 6.09 Å². The molecule has 0 aromatic heterocycles. The van der Waals surface area contributed by atoms with Crippen molar-refractivity contribution in [3.63, 3.8) is 0 Å². The summed E-state index contributed by atoms with van der Waals surface area (Å²) in [5.74, 6) is 1.37. The van der Waals surface area contributed by atoms with E-state index in [4.69, 9.17) is 15.2 Å². The molecular weight excluding hydrogens is 304 g/mol. The Hall–Kier alpha value is -2.53. The van der Waals surface area contributed by atoms with Gasteiger partial charge >= 0.3 is 6.09 Å². The van der Waals surface area contributed by atoms with E-state index in [1.54, 1.807) is 0 Å². The fourth-order valence-electron chi connectivity index (χ4n) is 2.19. The summed E-state index contributed by atoms with van der Waals surface area (Å²) < 4.78 is 11.2. The number of rotatable bonds is 5. The Morgan fingerprint density at radius 1 is 1.08 bits per heavy atom. The third kappa shape index (κ3) is 5.28. The van der Waals surface area contributed by atoms with Gasteiger partial charge in [0, 0.05) is 12.1 Å². The molecule has 1 unspecified atom stereocenters. The van der Waals surface area contributed by atoms with Gasteiger partial charge in [-0.05, 0) is 39.0 Å². The maximum atomic E-state index is 12.0. The van der Waals surface area contributed by atoms with Gasteiger partial charge in [-0.3, -0.25) is 0 Å². The van der Waals surface area contributed by atoms with Gasteiger partial charge < -0.3 is 20.5 Å². The molecule has 5 nitrogen and oxygen atoms in total. The molecule has 1 atom stereocenters. The van der Waals surface area contributed by atoms with Crippen LogP contribution in [0.5, 0.6) is 11.5 Å². The normalized spacial score (nSPS) is 12.3. The van der Waals surface area contributed by atoms with Crippen molar-refractivity contribution in [1.82, 2.24) is 5.32 Å². The van der Waals surface area contributed by atoms with Gasteiger partial charge in [-0.25, -0.2) is 4.79 Å². The molecular formula is C19H24N2O3. The van der Waals surface area contributed by atoms with Gasteiger partial charge in [0.25, 0.3) is 0 Å². The van der Waals surface area contributed by atoms with Crippen LogP contribution in [0.2, 0.25) is 0 Å². The number of carbonyl (C=O) groups is 1. The Morgan fingerprint density at radius 2 is 1.71 bits per heavy atom. The number of amides is 1. The van der Waals surface area contributed by atoms with Crippen LogP contribution in [0, 0.1) is 0 Å². The third-order valence-electron chi connectivity index (χ3n) is 3.19. The first-order valence-corrected chi connectivity index (χ1v) is 7.90. The minimum absolute atomic E-state index is 0.231. The van der Waals surface area contributed by atoms with E-state index < -0.39 is 17.7 Å². The van der Waals surface area contributed by atoms with Crippen molar-refractivity contribution in [3.05, 3.63) is 60.2 Å². The van der Waals surface area contributed by atoms with E-state index in [2.05, 4.69) is 5.32 Å². The van der Waals surface area contributed by atoms with E-state index in [0.29, 0.717) is 5.75 Å². The van der Waals surface area contributed by atoms with Crippen LogP contribution in [0.25, 0.3) is 0 Å². The topological polar surface area (TPSA) is 73.6 Å². The van der Waals surface area contributed by atoms with E-state index >= 15 is 0 Å². The molecule has 2 aromatic rings. The summed E-state index contributed by atoms with van der Waals surface area (Å²) in [4.78, 5) is 12.0. The average Bonchev–Trinajstić information content (AvgIpc) is 2.53. The van der Waals surface area contributed by atoms with Gasteiger partial charge in [0.2, 0.25) is 0 Å². The minimum Gasteiger partial charge on any atom is -0.457 e. The van der Waals surface area contributed by atoms with Gasteiger partial charge in [-0.15, -0.1) is 0 Å². The second-order valence-corrected chi connectivity index (χ2v) is 6.39. The van der Waals surface area contributed by atoms with Crippen LogP contribution in [0.15, 0.2) is 54.6 Å². The summed E-state index contributed by atoms with van der Waals surface area (Å²) in [6.45, 7) is 5.68. The molecule has 1 amide bonds. The summed E-state index contributed by atoms with van der Waals surface area (Å²) in [5, 5.41) is 2.80.